The molecule has 4 nitrogen and oxygen atoms in total. The molecular weight excluding hydrogens is 315 g/mol. The number of benzene rings is 2. The number of para-hydroxylation sites is 1. The van der Waals surface area contributed by atoms with E-state index in [2.05, 4.69) is 20.3 Å². The van der Waals surface area contributed by atoms with Crippen LogP contribution in [0.25, 0.3) is 22.0 Å². The zero-order valence-electron chi connectivity index (χ0n) is 13.6. The topological polar surface area (TPSA) is 50.7 Å². The quantitative estimate of drug-likeness (QED) is 0.581. The highest BCUT2D eigenvalue weighted by Gasteiger charge is 2.09. The van der Waals surface area contributed by atoms with Crippen LogP contribution in [0.5, 0.6) is 0 Å². The fraction of sp³-hybridized carbons (Fsp3) is 0.0500. The Morgan fingerprint density at radius 1 is 1.00 bits per heavy atom. The van der Waals surface area contributed by atoms with Crippen LogP contribution in [-0.4, -0.2) is 15.0 Å². The van der Waals surface area contributed by atoms with E-state index in [1.807, 2.05) is 37.4 Å². The molecule has 0 aliphatic carbocycles. The van der Waals surface area contributed by atoms with Crippen molar-refractivity contribution in [3.63, 3.8) is 0 Å². The molecule has 0 saturated carbocycles. The third kappa shape index (κ3) is 2.92. The van der Waals surface area contributed by atoms with Gasteiger partial charge in [0.05, 0.1) is 11.2 Å². The summed E-state index contributed by atoms with van der Waals surface area (Å²) in [6.45, 7) is 2.05. The van der Waals surface area contributed by atoms with E-state index in [9.17, 15) is 4.39 Å². The van der Waals surface area contributed by atoms with E-state index in [4.69, 9.17) is 0 Å². The number of aryl methyl sites for hydroxylation is 1. The molecule has 0 bridgehead atoms. The van der Waals surface area contributed by atoms with E-state index < -0.39 is 0 Å². The maximum Gasteiger partial charge on any atom is 0.146 e. The van der Waals surface area contributed by atoms with Gasteiger partial charge in [0.2, 0.25) is 0 Å². The van der Waals surface area contributed by atoms with Gasteiger partial charge in [-0.3, -0.25) is 4.98 Å². The first kappa shape index (κ1) is 15.2. The van der Waals surface area contributed by atoms with Crippen LogP contribution in [0.15, 0.2) is 67.3 Å². The van der Waals surface area contributed by atoms with Crippen LogP contribution in [0.2, 0.25) is 0 Å². The summed E-state index contributed by atoms with van der Waals surface area (Å²) >= 11 is 0. The van der Waals surface area contributed by atoms with Crippen molar-refractivity contribution in [2.24, 2.45) is 0 Å². The first-order valence-electron chi connectivity index (χ1n) is 7.90. The summed E-state index contributed by atoms with van der Waals surface area (Å²) in [4.78, 5) is 12.8. The number of pyridine rings is 1. The van der Waals surface area contributed by atoms with Crippen LogP contribution in [0.3, 0.4) is 0 Å². The van der Waals surface area contributed by atoms with Crippen LogP contribution in [-0.2, 0) is 0 Å². The van der Waals surface area contributed by atoms with Crippen LogP contribution >= 0.6 is 0 Å². The Bertz CT molecular complexity index is 1060. The number of halogens is 1. The third-order valence-corrected chi connectivity index (χ3v) is 4.11. The number of nitrogens with one attached hydrogen (secondary N) is 1. The van der Waals surface area contributed by atoms with Crippen LogP contribution in [0.4, 0.5) is 15.9 Å². The lowest BCUT2D eigenvalue weighted by Gasteiger charge is -2.10. The predicted octanol–water partition coefficient (Wildman–Crippen LogP) is 4.88. The lowest BCUT2D eigenvalue weighted by molar-refractivity contribution is 0.632. The van der Waals surface area contributed by atoms with Gasteiger partial charge in [0, 0.05) is 23.3 Å². The van der Waals surface area contributed by atoms with Gasteiger partial charge < -0.3 is 5.32 Å². The lowest BCUT2D eigenvalue weighted by Crippen LogP contribution is -1.98. The van der Waals surface area contributed by atoms with Crippen molar-refractivity contribution in [1.29, 1.82) is 0 Å². The zero-order valence-corrected chi connectivity index (χ0v) is 13.6. The molecule has 0 unspecified atom stereocenters. The van der Waals surface area contributed by atoms with Gasteiger partial charge in [0.25, 0.3) is 0 Å². The minimum absolute atomic E-state index is 0.322. The molecule has 2 aromatic heterocycles. The van der Waals surface area contributed by atoms with Gasteiger partial charge in [-0.2, -0.15) is 0 Å². The van der Waals surface area contributed by atoms with Gasteiger partial charge in [0.15, 0.2) is 0 Å². The molecule has 0 aliphatic heterocycles. The molecule has 4 rings (SSSR count). The number of hydrogen-bond acceptors (Lipinski definition) is 4. The fourth-order valence-electron chi connectivity index (χ4n) is 2.78. The number of anilines is 2. The molecule has 122 valence electrons. The average molecular weight is 330 g/mol. The summed E-state index contributed by atoms with van der Waals surface area (Å²) in [5.74, 6) is 0.251. The highest BCUT2D eigenvalue weighted by Crippen LogP contribution is 2.29. The summed E-state index contributed by atoms with van der Waals surface area (Å²) in [5, 5.41) is 3.88. The Labute approximate surface area is 144 Å². The maximum absolute atomic E-state index is 13.9. The molecule has 25 heavy (non-hydrogen) atoms. The average Bonchev–Trinajstić information content (AvgIpc) is 2.64. The minimum atomic E-state index is -0.322. The Balaban J connectivity index is 1.79. The van der Waals surface area contributed by atoms with Crippen molar-refractivity contribution in [3.8, 4) is 11.1 Å². The van der Waals surface area contributed by atoms with Crippen molar-refractivity contribution >= 4 is 22.4 Å². The molecular formula is C20H15FN4. The van der Waals surface area contributed by atoms with Gasteiger partial charge in [-0.1, -0.05) is 18.2 Å². The second-order valence-electron chi connectivity index (χ2n) is 5.75. The van der Waals surface area contributed by atoms with Gasteiger partial charge >= 0.3 is 0 Å². The summed E-state index contributed by atoms with van der Waals surface area (Å²) in [6.07, 6.45) is 5.10. The molecule has 2 aromatic carbocycles. The number of rotatable bonds is 3. The standard InChI is InChI=1S/C20H15FN4/c1-13-8-9-22-11-16(13)14-6-7-15-19(10-14)23-12-24-20(15)25-18-5-3-2-4-17(18)21/h2-12H,1H3,(H,23,24,25). The highest BCUT2D eigenvalue weighted by atomic mass is 19.1. The number of hydrogen-bond donors (Lipinski definition) is 1. The molecule has 0 aliphatic rings. The monoisotopic (exact) mass is 330 g/mol. The van der Waals surface area contributed by atoms with E-state index in [1.165, 1.54) is 12.4 Å². The van der Waals surface area contributed by atoms with Crippen molar-refractivity contribution in [2.75, 3.05) is 5.32 Å². The van der Waals surface area contributed by atoms with E-state index in [-0.39, 0.29) is 5.82 Å². The molecule has 0 fully saturated rings. The maximum atomic E-state index is 13.9. The van der Waals surface area contributed by atoms with Crippen LogP contribution in [0.1, 0.15) is 5.56 Å². The first-order chi connectivity index (χ1) is 12.2. The minimum Gasteiger partial charge on any atom is -0.337 e. The molecule has 0 saturated heterocycles. The molecule has 4 aromatic rings. The Morgan fingerprint density at radius 3 is 2.72 bits per heavy atom. The highest BCUT2D eigenvalue weighted by molar-refractivity contribution is 5.93. The second kappa shape index (κ2) is 6.28. The van der Waals surface area contributed by atoms with Gasteiger partial charge in [-0.05, 0) is 48.4 Å². The van der Waals surface area contributed by atoms with E-state index in [1.54, 1.807) is 24.4 Å². The molecule has 0 atom stereocenters. The van der Waals surface area contributed by atoms with E-state index in [0.717, 1.165) is 27.6 Å². The van der Waals surface area contributed by atoms with E-state index in [0.29, 0.717) is 11.5 Å². The fourth-order valence-corrected chi connectivity index (χ4v) is 2.78. The van der Waals surface area contributed by atoms with Crippen LogP contribution < -0.4 is 5.32 Å². The number of nitrogens with zero attached hydrogens (tertiary/aromatic N) is 3. The first-order valence-corrected chi connectivity index (χ1v) is 7.90. The van der Waals surface area contributed by atoms with Crippen molar-refractivity contribution < 1.29 is 4.39 Å². The third-order valence-electron chi connectivity index (χ3n) is 4.11. The van der Waals surface area contributed by atoms with Gasteiger partial charge in [-0.25, -0.2) is 14.4 Å². The van der Waals surface area contributed by atoms with E-state index >= 15 is 0 Å². The largest absolute Gasteiger partial charge is 0.337 e. The van der Waals surface area contributed by atoms with Gasteiger partial charge in [0.1, 0.15) is 18.0 Å². The van der Waals surface area contributed by atoms with Crippen molar-refractivity contribution in [2.45, 2.75) is 6.92 Å². The lowest BCUT2D eigenvalue weighted by atomic mass is 10.0. The summed E-state index contributed by atoms with van der Waals surface area (Å²) in [5.41, 5.74) is 4.41. The smallest absolute Gasteiger partial charge is 0.146 e. The molecule has 5 heteroatoms. The molecule has 0 spiro atoms. The number of fused-ring (bicyclic) bond motifs is 1. The Morgan fingerprint density at radius 2 is 1.88 bits per heavy atom. The number of aromatic nitrogens is 3. The summed E-state index contributed by atoms with van der Waals surface area (Å²) in [6, 6.07) is 14.4. The molecule has 2 heterocycles. The molecule has 0 radical (unpaired) electrons. The van der Waals surface area contributed by atoms with Crippen molar-refractivity contribution in [1.82, 2.24) is 15.0 Å². The zero-order chi connectivity index (χ0) is 17.2. The normalized spacial score (nSPS) is 10.8. The predicted molar refractivity (Wildman–Crippen MR) is 97.2 cm³/mol. The molecule has 1 N–H and O–H groups in total. The summed E-state index contributed by atoms with van der Waals surface area (Å²) in [7, 11) is 0. The van der Waals surface area contributed by atoms with Crippen LogP contribution in [0, 0.1) is 12.7 Å². The van der Waals surface area contributed by atoms with Crippen molar-refractivity contribution in [3.05, 3.63) is 78.6 Å². The second-order valence-corrected chi connectivity index (χ2v) is 5.75. The summed E-state index contributed by atoms with van der Waals surface area (Å²) < 4.78 is 13.9. The Hall–Kier alpha value is -3.34. The molecule has 0 amide bonds. The Kier molecular flexibility index (Phi) is 3.82. The van der Waals surface area contributed by atoms with Gasteiger partial charge in [-0.15, -0.1) is 0 Å². The SMILES string of the molecule is Cc1ccncc1-c1ccc2c(Nc3ccccc3F)ncnc2c1.